The number of imidazole rings is 1. The first-order valence-corrected chi connectivity index (χ1v) is 8.29. The van der Waals surface area contributed by atoms with E-state index in [9.17, 15) is 18.0 Å². The number of halogens is 3. The number of aromatic nitrogens is 2. The Morgan fingerprint density at radius 1 is 1.16 bits per heavy atom. The lowest BCUT2D eigenvalue weighted by Gasteiger charge is -2.31. The molecular formula is C18H24F3N3O. The molecule has 0 aliphatic heterocycles. The fourth-order valence-electron chi connectivity index (χ4n) is 2.83. The second kappa shape index (κ2) is 7.06. The molecule has 0 spiro atoms. The van der Waals surface area contributed by atoms with Gasteiger partial charge in [-0.3, -0.25) is 4.79 Å². The summed E-state index contributed by atoms with van der Waals surface area (Å²) in [5, 5.41) is 0. The van der Waals surface area contributed by atoms with Crippen LogP contribution < -0.4 is 0 Å². The molecule has 0 fully saturated rings. The molecule has 138 valence electrons. The highest BCUT2D eigenvalue weighted by Crippen LogP contribution is 2.23. The predicted molar refractivity (Wildman–Crippen MR) is 91.2 cm³/mol. The number of alkyl halides is 3. The van der Waals surface area contributed by atoms with Crippen molar-refractivity contribution in [1.82, 2.24) is 14.5 Å². The van der Waals surface area contributed by atoms with Crippen molar-refractivity contribution in [3.05, 3.63) is 30.1 Å². The third-order valence-corrected chi connectivity index (χ3v) is 3.73. The highest BCUT2D eigenvalue weighted by atomic mass is 19.4. The zero-order chi connectivity index (χ0) is 18.8. The van der Waals surface area contributed by atoms with Crippen LogP contribution in [0.5, 0.6) is 0 Å². The van der Waals surface area contributed by atoms with Crippen LogP contribution >= 0.6 is 0 Å². The molecular weight excluding hydrogens is 331 g/mol. The summed E-state index contributed by atoms with van der Waals surface area (Å²) in [5.41, 5.74) is 1.08. The lowest BCUT2D eigenvalue weighted by molar-refractivity contribution is -0.163. The summed E-state index contributed by atoms with van der Waals surface area (Å²) in [6.07, 6.45) is -3.83. The number of hydrogen-bond donors (Lipinski definition) is 0. The van der Waals surface area contributed by atoms with Crippen LogP contribution in [0.1, 0.15) is 33.5 Å². The van der Waals surface area contributed by atoms with Gasteiger partial charge in [0, 0.05) is 13.0 Å². The highest BCUT2D eigenvalue weighted by Gasteiger charge is 2.35. The average molecular weight is 355 g/mol. The molecule has 0 saturated heterocycles. The Morgan fingerprint density at radius 2 is 1.80 bits per heavy atom. The van der Waals surface area contributed by atoms with E-state index in [0.717, 1.165) is 15.9 Å². The third-order valence-electron chi connectivity index (χ3n) is 3.73. The molecule has 0 unspecified atom stereocenters. The zero-order valence-electron chi connectivity index (χ0n) is 15.0. The van der Waals surface area contributed by atoms with E-state index in [1.54, 1.807) is 4.57 Å². The second-order valence-corrected chi connectivity index (χ2v) is 7.38. The molecule has 25 heavy (non-hydrogen) atoms. The van der Waals surface area contributed by atoms with Crippen molar-refractivity contribution in [2.75, 3.05) is 13.1 Å². The van der Waals surface area contributed by atoms with Crippen molar-refractivity contribution < 1.29 is 18.0 Å². The van der Waals surface area contributed by atoms with E-state index in [1.165, 1.54) is 0 Å². The van der Waals surface area contributed by atoms with E-state index in [0.29, 0.717) is 12.2 Å². The molecule has 0 N–H and O–H groups in total. The van der Waals surface area contributed by atoms with Crippen LogP contribution in [0.25, 0.3) is 11.0 Å². The van der Waals surface area contributed by atoms with Crippen LogP contribution in [-0.4, -0.2) is 39.6 Å². The molecule has 1 aromatic heterocycles. The number of fused-ring (bicyclic) bond motifs is 1. The molecule has 2 rings (SSSR count). The number of rotatable bonds is 5. The SMILES string of the molecule is CCc1nc2ccccc2n1CC(=O)N(CC(C)(C)C)CC(F)(F)F. The van der Waals surface area contributed by atoms with E-state index >= 15 is 0 Å². The Bertz CT molecular complexity index is 728. The largest absolute Gasteiger partial charge is 0.406 e. The first-order chi connectivity index (χ1) is 11.5. The normalized spacial score (nSPS) is 12.6. The Kier molecular flexibility index (Phi) is 5.44. The van der Waals surface area contributed by atoms with Crippen LogP contribution in [-0.2, 0) is 17.8 Å². The monoisotopic (exact) mass is 355 g/mol. The summed E-state index contributed by atoms with van der Waals surface area (Å²) in [6, 6.07) is 7.33. The van der Waals surface area contributed by atoms with Crippen molar-refractivity contribution in [1.29, 1.82) is 0 Å². The number of carbonyl (C=O) groups is 1. The lowest BCUT2D eigenvalue weighted by Crippen LogP contribution is -2.44. The molecule has 4 nitrogen and oxygen atoms in total. The van der Waals surface area contributed by atoms with Gasteiger partial charge in [-0.2, -0.15) is 13.2 Å². The predicted octanol–water partition coefficient (Wildman–Crippen LogP) is 4.04. The molecule has 1 aromatic carbocycles. The molecule has 0 bridgehead atoms. The summed E-state index contributed by atoms with van der Waals surface area (Å²) in [6.45, 7) is 6.01. The van der Waals surface area contributed by atoms with Gasteiger partial charge in [0.05, 0.1) is 11.0 Å². The van der Waals surface area contributed by atoms with Crippen molar-refractivity contribution >= 4 is 16.9 Å². The first kappa shape index (κ1) is 19.3. The van der Waals surface area contributed by atoms with Crippen molar-refractivity contribution in [3.63, 3.8) is 0 Å². The molecule has 0 atom stereocenters. The third kappa shape index (κ3) is 5.21. The van der Waals surface area contributed by atoms with Crippen LogP contribution in [0.2, 0.25) is 0 Å². The Labute approximate surface area is 145 Å². The van der Waals surface area contributed by atoms with E-state index in [1.807, 2.05) is 52.0 Å². The Balaban J connectivity index is 2.31. The van der Waals surface area contributed by atoms with Gasteiger partial charge in [-0.25, -0.2) is 4.98 Å². The molecule has 1 heterocycles. The minimum Gasteiger partial charge on any atom is -0.332 e. The van der Waals surface area contributed by atoms with Gasteiger partial charge in [-0.1, -0.05) is 39.8 Å². The summed E-state index contributed by atoms with van der Waals surface area (Å²) in [4.78, 5) is 18.0. The summed E-state index contributed by atoms with van der Waals surface area (Å²) in [7, 11) is 0. The van der Waals surface area contributed by atoms with Gasteiger partial charge >= 0.3 is 6.18 Å². The van der Waals surface area contributed by atoms with Crippen LogP contribution in [0.4, 0.5) is 13.2 Å². The molecule has 7 heteroatoms. The molecule has 0 radical (unpaired) electrons. The van der Waals surface area contributed by atoms with E-state index in [2.05, 4.69) is 4.98 Å². The Hall–Kier alpha value is -2.05. The number of hydrogen-bond acceptors (Lipinski definition) is 2. The fourth-order valence-corrected chi connectivity index (χ4v) is 2.83. The fraction of sp³-hybridized carbons (Fsp3) is 0.556. The minimum absolute atomic E-state index is 0.0411. The average Bonchev–Trinajstić information content (AvgIpc) is 2.82. The molecule has 1 amide bonds. The number of nitrogens with zero attached hydrogens (tertiary/aromatic N) is 3. The summed E-state index contributed by atoms with van der Waals surface area (Å²) < 4.78 is 40.4. The van der Waals surface area contributed by atoms with Crippen LogP contribution in [0, 0.1) is 5.41 Å². The van der Waals surface area contributed by atoms with Crippen molar-refractivity contribution in [3.8, 4) is 0 Å². The maximum absolute atomic E-state index is 12.9. The number of para-hydroxylation sites is 2. The van der Waals surface area contributed by atoms with Gasteiger partial charge in [0.15, 0.2) is 0 Å². The number of carbonyl (C=O) groups excluding carboxylic acids is 1. The van der Waals surface area contributed by atoms with Gasteiger partial charge < -0.3 is 9.47 Å². The van der Waals surface area contributed by atoms with Crippen LogP contribution in [0.3, 0.4) is 0 Å². The Morgan fingerprint density at radius 3 is 2.36 bits per heavy atom. The van der Waals surface area contributed by atoms with E-state index in [-0.39, 0.29) is 13.1 Å². The minimum atomic E-state index is -4.43. The smallest absolute Gasteiger partial charge is 0.332 e. The topological polar surface area (TPSA) is 38.1 Å². The summed E-state index contributed by atoms with van der Waals surface area (Å²) >= 11 is 0. The molecule has 2 aromatic rings. The number of aryl methyl sites for hydroxylation is 1. The maximum Gasteiger partial charge on any atom is 0.406 e. The van der Waals surface area contributed by atoms with E-state index in [4.69, 9.17) is 0 Å². The van der Waals surface area contributed by atoms with Gasteiger partial charge in [0.1, 0.15) is 18.9 Å². The summed E-state index contributed by atoms with van der Waals surface area (Å²) in [5.74, 6) is 0.141. The van der Waals surface area contributed by atoms with E-state index < -0.39 is 24.0 Å². The maximum atomic E-state index is 12.9. The standard InChI is InChI=1S/C18H24F3N3O/c1-5-15-22-13-8-6-7-9-14(13)24(15)10-16(25)23(11-17(2,3)4)12-18(19,20)21/h6-9H,5,10-12H2,1-4H3. The van der Waals surface area contributed by atoms with Gasteiger partial charge in [-0.05, 0) is 17.5 Å². The zero-order valence-corrected chi connectivity index (χ0v) is 15.0. The van der Waals surface area contributed by atoms with Gasteiger partial charge in [0.25, 0.3) is 0 Å². The molecule has 0 aliphatic rings. The molecule has 0 aliphatic carbocycles. The van der Waals surface area contributed by atoms with Crippen LogP contribution in [0.15, 0.2) is 24.3 Å². The second-order valence-electron chi connectivity index (χ2n) is 7.38. The number of benzene rings is 1. The van der Waals surface area contributed by atoms with Crippen molar-refractivity contribution in [2.24, 2.45) is 5.41 Å². The first-order valence-electron chi connectivity index (χ1n) is 8.29. The molecule has 0 saturated carbocycles. The number of amides is 1. The van der Waals surface area contributed by atoms with Gasteiger partial charge in [-0.15, -0.1) is 0 Å². The van der Waals surface area contributed by atoms with Gasteiger partial charge in [0.2, 0.25) is 5.91 Å². The lowest BCUT2D eigenvalue weighted by atomic mass is 9.96. The quantitative estimate of drug-likeness (QED) is 0.812. The van der Waals surface area contributed by atoms with Crippen molar-refractivity contribution in [2.45, 2.75) is 46.8 Å². The highest BCUT2D eigenvalue weighted by molar-refractivity contribution is 5.81.